The van der Waals surface area contributed by atoms with Gasteiger partial charge in [-0.1, -0.05) is 48.5 Å². The Morgan fingerprint density at radius 1 is 1.09 bits per heavy atom. The minimum absolute atomic E-state index is 0.0286. The first-order valence-corrected chi connectivity index (χ1v) is 11.2. The minimum atomic E-state index is -4.65. The molecule has 1 aliphatic rings. The molecule has 1 saturated heterocycles. The van der Waals surface area contributed by atoms with Crippen LogP contribution in [0.1, 0.15) is 61.3 Å². The lowest BCUT2D eigenvalue weighted by molar-refractivity contribution is -0.141. The molecule has 2 unspecified atom stereocenters. The number of para-hydroxylation sites is 1. The number of alkyl halides is 3. The Morgan fingerprint density at radius 3 is 2.39 bits per heavy atom. The Labute approximate surface area is 191 Å². The monoisotopic (exact) mass is 455 g/mol. The lowest BCUT2D eigenvalue weighted by Crippen LogP contribution is -2.54. The highest BCUT2D eigenvalue weighted by Gasteiger charge is 2.42. The lowest BCUT2D eigenvalue weighted by atomic mass is 9.86. The zero-order valence-electron chi connectivity index (χ0n) is 19.0. The number of pyridine rings is 1. The molecule has 1 aliphatic heterocycles. The van der Waals surface area contributed by atoms with E-state index in [4.69, 9.17) is 0 Å². The smallest absolute Gasteiger partial charge is 0.343 e. The number of carbonyl (C=O) groups excluding carboxylic acids is 1. The van der Waals surface area contributed by atoms with Crippen molar-refractivity contribution in [2.75, 3.05) is 6.54 Å². The molecule has 0 aliphatic carbocycles. The molecule has 2 atom stereocenters. The fourth-order valence-electron chi connectivity index (χ4n) is 4.99. The van der Waals surface area contributed by atoms with Crippen molar-refractivity contribution < 1.29 is 18.0 Å². The topological polar surface area (TPSA) is 45.2 Å². The van der Waals surface area contributed by atoms with Gasteiger partial charge in [0, 0.05) is 17.0 Å². The molecule has 0 saturated carbocycles. The zero-order valence-corrected chi connectivity index (χ0v) is 19.0. The molecular weight excluding hydrogens is 427 g/mol. The second-order valence-electron chi connectivity index (χ2n) is 9.23. The summed E-state index contributed by atoms with van der Waals surface area (Å²) >= 11 is 0. The van der Waals surface area contributed by atoms with E-state index < -0.39 is 29.4 Å². The fourth-order valence-corrected chi connectivity index (χ4v) is 4.99. The van der Waals surface area contributed by atoms with E-state index in [-0.39, 0.29) is 11.1 Å². The van der Waals surface area contributed by atoms with Gasteiger partial charge in [0.05, 0.1) is 17.1 Å². The molecule has 0 spiro atoms. The maximum atomic E-state index is 13.5. The molecule has 33 heavy (non-hydrogen) atoms. The first-order chi connectivity index (χ1) is 15.6. The van der Waals surface area contributed by atoms with Crippen LogP contribution in [0.4, 0.5) is 13.2 Å². The van der Waals surface area contributed by atoms with Crippen LogP contribution >= 0.6 is 0 Å². The highest BCUT2D eigenvalue weighted by molar-refractivity contribution is 6.06. The van der Waals surface area contributed by atoms with Gasteiger partial charge in [-0.2, -0.15) is 13.2 Å². The zero-order chi connectivity index (χ0) is 23.8. The van der Waals surface area contributed by atoms with E-state index in [0.29, 0.717) is 11.4 Å². The Hall–Kier alpha value is -2.93. The summed E-state index contributed by atoms with van der Waals surface area (Å²) in [6, 6.07) is 16.8. The number of carbonyl (C=O) groups is 1. The molecule has 3 aromatic rings. The van der Waals surface area contributed by atoms with E-state index in [1.807, 2.05) is 30.3 Å². The van der Waals surface area contributed by atoms with Crippen LogP contribution in [0.25, 0.3) is 10.9 Å². The summed E-state index contributed by atoms with van der Waals surface area (Å²) in [6.07, 6.45) is -2.51. The molecule has 2 heterocycles. The predicted octanol–water partition coefficient (Wildman–Crippen LogP) is 5.99. The van der Waals surface area contributed by atoms with Crippen LogP contribution < -0.4 is 5.32 Å². The quantitative estimate of drug-likeness (QED) is 0.514. The Morgan fingerprint density at radius 2 is 1.76 bits per heavy atom. The number of amides is 1. The normalized spacial score (nSPS) is 18.4. The summed E-state index contributed by atoms with van der Waals surface area (Å²) in [5, 5.41) is 3.47. The highest BCUT2D eigenvalue weighted by atomic mass is 19.4. The Balaban J connectivity index is 1.78. The van der Waals surface area contributed by atoms with Gasteiger partial charge in [-0.3, -0.25) is 9.69 Å². The van der Waals surface area contributed by atoms with Gasteiger partial charge in [0.2, 0.25) is 0 Å². The molecule has 1 N–H and O–H groups in total. The number of rotatable bonds is 5. The molecule has 1 aromatic heterocycles. The van der Waals surface area contributed by atoms with Crippen molar-refractivity contribution in [2.45, 2.75) is 57.4 Å². The van der Waals surface area contributed by atoms with Gasteiger partial charge < -0.3 is 5.32 Å². The van der Waals surface area contributed by atoms with Gasteiger partial charge >= 0.3 is 6.18 Å². The van der Waals surface area contributed by atoms with Crippen LogP contribution in [0.3, 0.4) is 0 Å². The fraction of sp³-hybridized carbons (Fsp3) is 0.385. The van der Waals surface area contributed by atoms with Crippen LogP contribution in [0, 0.1) is 0 Å². The maximum absolute atomic E-state index is 13.5. The molecule has 1 fully saturated rings. The molecule has 2 aromatic carbocycles. The van der Waals surface area contributed by atoms with Crippen LogP contribution in [0.5, 0.6) is 0 Å². The van der Waals surface area contributed by atoms with Crippen molar-refractivity contribution >= 4 is 16.8 Å². The molecule has 4 rings (SSSR count). The van der Waals surface area contributed by atoms with Gasteiger partial charge in [0.15, 0.2) is 0 Å². The van der Waals surface area contributed by atoms with Crippen LogP contribution in [-0.2, 0) is 6.18 Å². The molecular formula is C26H28F3N3O. The third-order valence-electron chi connectivity index (χ3n) is 6.66. The van der Waals surface area contributed by atoms with E-state index in [2.05, 4.69) is 36.0 Å². The average Bonchev–Trinajstić information content (AvgIpc) is 3.23. The summed E-state index contributed by atoms with van der Waals surface area (Å²) in [5.74, 6) is -0.548. The summed E-state index contributed by atoms with van der Waals surface area (Å²) in [7, 11) is 0. The van der Waals surface area contributed by atoms with E-state index in [9.17, 15) is 18.0 Å². The largest absolute Gasteiger partial charge is 0.433 e. The Bertz CT molecular complexity index is 1140. The van der Waals surface area contributed by atoms with E-state index in [0.717, 1.165) is 31.0 Å². The van der Waals surface area contributed by atoms with E-state index in [1.165, 1.54) is 6.07 Å². The second kappa shape index (κ2) is 8.78. The SMILES string of the molecule is CC1CCCN1C(C)(C)C(NC(=O)c1cc(C(F)(F)F)nc2ccccc12)c1ccccc1. The maximum Gasteiger partial charge on any atom is 0.433 e. The number of likely N-dealkylation sites (tertiary alicyclic amines) is 1. The summed E-state index contributed by atoms with van der Waals surface area (Å²) in [4.78, 5) is 19.6. The first-order valence-electron chi connectivity index (χ1n) is 11.2. The van der Waals surface area contributed by atoms with E-state index in [1.54, 1.807) is 18.2 Å². The van der Waals surface area contributed by atoms with Crippen molar-refractivity contribution in [3.8, 4) is 0 Å². The van der Waals surface area contributed by atoms with Crippen LogP contribution in [0.15, 0.2) is 60.7 Å². The summed E-state index contributed by atoms with van der Waals surface area (Å²) < 4.78 is 40.6. The first kappa shape index (κ1) is 23.2. The lowest BCUT2D eigenvalue weighted by Gasteiger charge is -2.45. The highest BCUT2D eigenvalue weighted by Crippen LogP contribution is 2.37. The molecule has 174 valence electrons. The molecule has 1 amide bonds. The van der Waals surface area contributed by atoms with Gasteiger partial charge in [-0.15, -0.1) is 0 Å². The van der Waals surface area contributed by atoms with E-state index >= 15 is 0 Å². The van der Waals surface area contributed by atoms with Crippen molar-refractivity contribution in [3.63, 3.8) is 0 Å². The number of halogens is 3. The molecule has 7 heteroatoms. The number of nitrogens with one attached hydrogen (secondary N) is 1. The number of hydrogen-bond donors (Lipinski definition) is 1. The molecule has 4 nitrogen and oxygen atoms in total. The van der Waals surface area contributed by atoms with Crippen molar-refractivity contribution in [3.05, 3.63) is 77.5 Å². The number of hydrogen-bond acceptors (Lipinski definition) is 3. The molecule has 0 radical (unpaired) electrons. The van der Waals surface area contributed by atoms with Crippen LogP contribution in [0.2, 0.25) is 0 Å². The third kappa shape index (κ3) is 4.60. The van der Waals surface area contributed by atoms with Crippen molar-refractivity contribution in [1.29, 1.82) is 0 Å². The van der Waals surface area contributed by atoms with Gasteiger partial charge in [0.1, 0.15) is 5.69 Å². The second-order valence-corrected chi connectivity index (χ2v) is 9.23. The minimum Gasteiger partial charge on any atom is -0.343 e. The standard InChI is InChI=1S/C26H28F3N3O/c1-17-10-9-15-32(17)25(2,3)23(18-11-5-4-6-12-18)31-24(33)20-16-22(26(27,28)29)30-21-14-8-7-13-19(20)21/h4-8,11-14,16-17,23H,9-10,15H2,1-3H3,(H,31,33). The number of aromatic nitrogens is 1. The van der Waals surface area contributed by atoms with Crippen molar-refractivity contribution in [1.82, 2.24) is 15.2 Å². The third-order valence-corrected chi connectivity index (χ3v) is 6.66. The van der Waals surface area contributed by atoms with Crippen molar-refractivity contribution in [2.24, 2.45) is 0 Å². The van der Waals surface area contributed by atoms with Gasteiger partial charge in [-0.25, -0.2) is 4.98 Å². The molecule has 0 bridgehead atoms. The Kier molecular flexibility index (Phi) is 6.18. The summed E-state index contributed by atoms with van der Waals surface area (Å²) in [5.41, 5.74) is -0.512. The average molecular weight is 456 g/mol. The number of nitrogens with zero attached hydrogens (tertiary/aromatic N) is 2. The van der Waals surface area contributed by atoms with Gasteiger partial charge in [0.25, 0.3) is 5.91 Å². The number of benzene rings is 2. The predicted molar refractivity (Wildman–Crippen MR) is 123 cm³/mol. The summed E-state index contributed by atoms with van der Waals surface area (Å²) in [6.45, 7) is 7.24. The number of fused-ring (bicyclic) bond motifs is 1. The van der Waals surface area contributed by atoms with Gasteiger partial charge in [-0.05, 0) is 57.9 Å². The van der Waals surface area contributed by atoms with Crippen LogP contribution in [-0.4, -0.2) is 33.9 Å².